The third kappa shape index (κ3) is 10.2. The number of ether oxygens (including phenoxy) is 3. The van der Waals surface area contributed by atoms with E-state index in [9.17, 15) is 33.9 Å². The molecule has 6 bridgehead atoms. The number of nitrogens with zero attached hydrogens (tertiary/aromatic N) is 6. The van der Waals surface area contributed by atoms with Crippen molar-refractivity contribution < 1.29 is 48.1 Å². The molecule has 374 valence electrons. The van der Waals surface area contributed by atoms with Crippen LogP contribution in [-0.2, 0) is 64.2 Å². The van der Waals surface area contributed by atoms with Gasteiger partial charge in [0.1, 0.15) is 29.9 Å². The Morgan fingerprint density at radius 2 is 1.81 bits per heavy atom. The second-order valence-corrected chi connectivity index (χ2v) is 20.2. The van der Waals surface area contributed by atoms with Gasteiger partial charge in [-0.1, -0.05) is 39.8 Å². The van der Waals surface area contributed by atoms with Crippen LogP contribution in [0.4, 0.5) is 4.79 Å². The van der Waals surface area contributed by atoms with Crippen molar-refractivity contribution in [3.8, 4) is 28.1 Å². The number of rotatable bonds is 10. The first-order valence-corrected chi connectivity index (χ1v) is 24.3. The van der Waals surface area contributed by atoms with Gasteiger partial charge in [-0.05, 0) is 96.7 Å². The molecule has 6 heterocycles. The minimum Gasteiger partial charge on any atom is -0.508 e. The number of amides is 5. The average molecular weight is 963 g/mol. The van der Waals surface area contributed by atoms with E-state index in [2.05, 4.69) is 53.2 Å². The molecule has 2 aromatic heterocycles. The molecule has 5 amide bonds. The van der Waals surface area contributed by atoms with Crippen LogP contribution in [0.15, 0.2) is 54.9 Å². The van der Waals surface area contributed by atoms with E-state index in [1.165, 1.54) is 21.9 Å². The predicted molar refractivity (Wildman–Crippen MR) is 260 cm³/mol. The molecule has 3 N–H and O–H groups in total. The number of aromatic hydroxyl groups is 1. The summed E-state index contributed by atoms with van der Waals surface area (Å²) in [5.74, 6) is -3.38. The number of likely N-dealkylation sites (tertiary alicyclic amines) is 1. The van der Waals surface area contributed by atoms with E-state index in [1.807, 2.05) is 38.2 Å². The van der Waals surface area contributed by atoms with Crippen LogP contribution in [0.5, 0.6) is 5.75 Å². The van der Waals surface area contributed by atoms with Gasteiger partial charge < -0.3 is 43.9 Å². The molecule has 3 saturated heterocycles. The lowest BCUT2D eigenvalue weighted by Gasteiger charge is -2.37. The Kier molecular flexibility index (Phi) is 14.6. The number of cyclic esters (lactones) is 1. The summed E-state index contributed by atoms with van der Waals surface area (Å²) in [5, 5.41) is 16.7. The molecule has 4 aromatic rings. The number of carbonyl (C=O) groups excluding carboxylic acids is 6. The fraction of sp³-hybridized carbons (Fsp3) is 0.519. The Balaban J connectivity index is 1.13. The highest BCUT2D eigenvalue weighted by Crippen LogP contribution is 2.41. The van der Waals surface area contributed by atoms with Gasteiger partial charge in [0.15, 0.2) is 0 Å². The lowest BCUT2D eigenvalue weighted by atomic mass is 9.84. The highest BCUT2D eigenvalue weighted by Gasteiger charge is 2.49. The molecule has 0 aliphatic carbocycles. The Morgan fingerprint density at radius 1 is 1.03 bits per heavy atom. The molecular formula is C52H66N8O10. The minimum absolute atomic E-state index is 0.0278. The molecular weight excluding hydrogens is 897 g/mol. The van der Waals surface area contributed by atoms with Crippen LogP contribution in [0.2, 0.25) is 0 Å². The maximum atomic E-state index is 14.8. The number of likely N-dealkylation sites (N-methyl/N-ethyl adjacent to an activating group) is 1. The number of pyridine rings is 1. The van der Waals surface area contributed by atoms with Crippen LogP contribution in [0.25, 0.3) is 33.3 Å². The number of hydrogen-bond donors (Lipinski definition) is 3. The van der Waals surface area contributed by atoms with E-state index < -0.39 is 65.2 Å². The van der Waals surface area contributed by atoms with E-state index in [0.717, 1.165) is 38.9 Å². The van der Waals surface area contributed by atoms with Crippen molar-refractivity contribution in [2.45, 2.75) is 104 Å². The number of carbonyl (C=O) groups is 6. The van der Waals surface area contributed by atoms with E-state index in [1.54, 1.807) is 37.4 Å². The van der Waals surface area contributed by atoms with Crippen molar-refractivity contribution in [1.29, 1.82) is 0 Å². The maximum absolute atomic E-state index is 14.8. The molecule has 8 rings (SSSR count). The summed E-state index contributed by atoms with van der Waals surface area (Å²) in [6.45, 7) is 11.9. The molecule has 18 heteroatoms. The summed E-state index contributed by atoms with van der Waals surface area (Å²) >= 11 is 0. The first-order chi connectivity index (χ1) is 33.4. The topological polar surface area (TPSA) is 205 Å². The largest absolute Gasteiger partial charge is 0.508 e. The van der Waals surface area contributed by atoms with Gasteiger partial charge in [0.05, 0.1) is 38.5 Å². The summed E-state index contributed by atoms with van der Waals surface area (Å²) in [7, 11) is 4.49. The molecule has 4 aliphatic rings. The van der Waals surface area contributed by atoms with Crippen LogP contribution < -0.4 is 10.7 Å². The molecule has 3 fully saturated rings. The number of aryl methyl sites for hydroxylation is 1. The zero-order valence-electron chi connectivity index (χ0n) is 41.5. The molecule has 0 radical (unpaired) electrons. The van der Waals surface area contributed by atoms with Crippen LogP contribution in [0, 0.1) is 17.3 Å². The number of phenols is 1. The quantitative estimate of drug-likeness (QED) is 0.147. The second kappa shape index (κ2) is 20.4. The zero-order valence-corrected chi connectivity index (χ0v) is 41.5. The number of methoxy groups -OCH3 is 2. The van der Waals surface area contributed by atoms with Crippen LogP contribution >= 0.6 is 0 Å². The lowest BCUT2D eigenvalue weighted by Crippen LogP contribution is -2.62. The zero-order chi connectivity index (χ0) is 50.2. The summed E-state index contributed by atoms with van der Waals surface area (Å²) in [5.41, 5.74) is 9.61. The van der Waals surface area contributed by atoms with E-state index in [4.69, 9.17) is 14.2 Å². The number of nitrogens with one attached hydrogen (secondary N) is 2. The van der Waals surface area contributed by atoms with Gasteiger partial charge in [-0.15, -0.1) is 0 Å². The fourth-order valence-electron chi connectivity index (χ4n) is 10.5. The minimum atomic E-state index is -1.20. The maximum Gasteiger partial charge on any atom is 0.330 e. The second-order valence-electron chi connectivity index (χ2n) is 20.2. The van der Waals surface area contributed by atoms with Gasteiger partial charge in [0.25, 0.3) is 5.91 Å². The van der Waals surface area contributed by atoms with E-state index >= 15 is 0 Å². The molecule has 0 unspecified atom stereocenters. The van der Waals surface area contributed by atoms with Gasteiger partial charge in [-0.25, -0.2) is 15.0 Å². The number of urea groups is 1. The van der Waals surface area contributed by atoms with Crippen LogP contribution in [-0.4, -0.2) is 148 Å². The van der Waals surface area contributed by atoms with Crippen LogP contribution in [0.3, 0.4) is 0 Å². The van der Waals surface area contributed by atoms with Gasteiger partial charge in [-0.3, -0.25) is 29.2 Å². The number of esters is 2. The molecule has 0 saturated carbocycles. The Bertz CT molecular complexity index is 2680. The van der Waals surface area contributed by atoms with Gasteiger partial charge in [0.2, 0.25) is 11.8 Å². The third-order valence-corrected chi connectivity index (χ3v) is 14.1. The van der Waals surface area contributed by atoms with Crippen molar-refractivity contribution in [3.05, 3.63) is 71.5 Å². The summed E-state index contributed by atoms with van der Waals surface area (Å²) < 4.78 is 18.8. The predicted octanol–water partition coefficient (Wildman–Crippen LogP) is 4.67. The molecule has 5 atom stereocenters. The van der Waals surface area contributed by atoms with Gasteiger partial charge in [-0.2, -0.15) is 0 Å². The summed E-state index contributed by atoms with van der Waals surface area (Å²) in [6, 6.07) is 9.31. The number of hydrogen-bond acceptors (Lipinski definition) is 12. The summed E-state index contributed by atoms with van der Waals surface area (Å²) in [6.07, 6.45) is 5.41. The third-order valence-electron chi connectivity index (χ3n) is 14.1. The van der Waals surface area contributed by atoms with Crippen molar-refractivity contribution in [2.24, 2.45) is 17.3 Å². The van der Waals surface area contributed by atoms with Crippen LogP contribution in [0.1, 0.15) is 70.6 Å². The first-order valence-electron chi connectivity index (χ1n) is 24.3. The average Bonchev–Trinajstić information content (AvgIpc) is 3.89. The monoisotopic (exact) mass is 962 g/mol. The molecule has 2 aromatic carbocycles. The van der Waals surface area contributed by atoms with E-state index in [-0.39, 0.29) is 50.3 Å². The number of benzene rings is 2. The van der Waals surface area contributed by atoms with Crippen molar-refractivity contribution in [1.82, 2.24) is 40.0 Å². The van der Waals surface area contributed by atoms with Crippen molar-refractivity contribution in [2.75, 3.05) is 54.1 Å². The normalized spacial score (nSPS) is 21.8. The molecule has 70 heavy (non-hydrogen) atoms. The van der Waals surface area contributed by atoms with Crippen molar-refractivity contribution >= 4 is 46.6 Å². The highest BCUT2D eigenvalue weighted by atomic mass is 16.5. The molecule has 4 aliphatic heterocycles. The van der Waals surface area contributed by atoms with E-state index in [0.29, 0.717) is 56.5 Å². The Morgan fingerprint density at radius 3 is 2.54 bits per heavy atom. The lowest BCUT2D eigenvalue weighted by molar-refractivity contribution is -0.155. The fourth-order valence-corrected chi connectivity index (χ4v) is 10.5. The van der Waals surface area contributed by atoms with Gasteiger partial charge in [0, 0.05) is 81.0 Å². The molecule has 18 nitrogen and oxygen atoms in total. The smallest absolute Gasteiger partial charge is 0.330 e. The number of aromatic nitrogens is 2. The van der Waals surface area contributed by atoms with Crippen molar-refractivity contribution in [3.63, 3.8) is 0 Å². The summed E-state index contributed by atoms with van der Waals surface area (Å²) in [4.78, 5) is 91.5. The number of hydrazine groups is 1. The molecule has 0 spiro atoms. The van der Waals surface area contributed by atoms with Gasteiger partial charge >= 0.3 is 18.0 Å². The first kappa shape index (κ1) is 49.9. The Labute approximate surface area is 408 Å². The number of phenolic OH excluding ortho intramolecular Hbond substituents is 1. The Hall–Kier alpha value is -6.53. The SMILES string of the molecule is CCn1c(-c2cnccc2COC)c2c3cc(ccc31)-c1cc(O)cc(c1)C[C@H](NC(=O)[C@H](C(C)C)N(C)C(=O)[C@H]1CCN(C(=O)N3C[C@@H]3C(=O)OC)C1)C(=O)N1CCC[C@H](N1)C(=O)OCC(C)(C)C2. The highest BCUT2D eigenvalue weighted by molar-refractivity contribution is 5.96. The number of fused-ring (bicyclic) bond motifs is 6. The standard InChI is InChI=1S/C52H66N8O10/c1-9-58-42-13-12-32-23-37(42)38(45(58)39-25-53-16-14-34(39)28-68-7)24-52(4,5)29-70-49(65)40-11-10-17-60(55-40)48(64)41(21-31-19-35(32)22-36(61)20-31)54-46(62)44(30(2)3)56(6)47(63)33-15-18-57(26-33)51(67)59-27-43(59)50(66)69-8/h12-14,16,19-20,22-23,25,30,33,40-41,43-44,55,61H,9-11,15,17-18,21,24,26-29H2,1-8H3,(H,54,62)/t33-,40-,41-,43+,44-,59?/m0/s1.